The highest BCUT2D eigenvalue weighted by molar-refractivity contribution is 9.10. The minimum absolute atomic E-state index is 0.514. The smallest absolute Gasteiger partial charge is 0.0901 e. The molecule has 70 valence electrons. The molecule has 0 bridgehead atoms. The van der Waals surface area contributed by atoms with E-state index in [1.54, 1.807) is 0 Å². The van der Waals surface area contributed by atoms with E-state index < -0.39 is 5.60 Å². The zero-order chi connectivity index (χ0) is 9.64. The molecular weight excluding hydrogens is 228 g/mol. The lowest BCUT2D eigenvalue weighted by Crippen LogP contribution is -2.07. The van der Waals surface area contributed by atoms with Gasteiger partial charge in [-0.3, -0.25) is 0 Å². The van der Waals surface area contributed by atoms with Crippen molar-refractivity contribution in [2.75, 3.05) is 0 Å². The topological polar surface area (TPSA) is 20.2 Å². The van der Waals surface area contributed by atoms with Crippen LogP contribution in [0.4, 0.5) is 0 Å². The van der Waals surface area contributed by atoms with Crippen molar-refractivity contribution in [1.82, 2.24) is 0 Å². The molecule has 0 saturated heterocycles. The van der Waals surface area contributed by atoms with E-state index >= 15 is 0 Å². The van der Waals surface area contributed by atoms with Crippen molar-refractivity contribution in [3.8, 4) is 0 Å². The summed E-state index contributed by atoms with van der Waals surface area (Å²) in [6.45, 7) is 4.13. The fraction of sp³-hybridized carbons (Fsp3) is 0.455. The zero-order valence-electron chi connectivity index (χ0n) is 7.89. The number of halogens is 1. The number of aryl methyl sites for hydroxylation is 1. The van der Waals surface area contributed by atoms with E-state index in [0.29, 0.717) is 0 Å². The minimum Gasteiger partial charge on any atom is -0.385 e. The molecule has 0 heterocycles. The van der Waals surface area contributed by atoms with Crippen molar-refractivity contribution in [3.63, 3.8) is 0 Å². The van der Waals surface area contributed by atoms with Gasteiger partial charge in [-0.25, -0.2) is 0 Å². The van der Waals surface area contributed by atoms with Gasteiger partial charge in [0.25, 0.3) is 0 Å². The molecule has 0 aliphatic heterocycles. The van der Waals surface area contributed by atoms with Crippen molar-refractivity contribution in [3.05, 3.63) is 33.3 Å². The predicted octanol–water partition coefficient (Wildman–Crippen LogP) is 3.05. The Bertz CT molecular complexity index is 353. The van der Waals surface area contributed by atoms with Crippen molar-refractivity contribution in [1.29, 1.82) is 0 Å². The summed E-state index contributed by atoms with van der Waals surface area (Å²) in [5.74, 6) is 0. The standard InChI is InChI=1S/C11H13BrO/c1-7-3-4-9(8(2)10(7)12)11(13)5-6-11/h3-4,13H,5-6H2,1-2H3. The zero-order valence-corrected chi connectivity index (χ0v) is 9.48. The largest absolute Gasteiger partial charge is 0.385 e. The summed E-state index contributed by atoms with van der Waals surface area (Å²) in [5.41, 5.74) is 2.98. The molecule has 1 fully saturated rings. The molecule has 0 aromatic heterocycles. The van der Waals surface area contributed by atoms with E-state index in [9.17, 15) is 5.11 Å². The van der Waals surface area contributed by atoms with Crippen LogP contribution in [0, 0.1) is 13.8 Å². The van der Waals surface area contributed by atoms with E-state index in [-0.39, 0.29) is 0 Å². The summed E-state index contributed by atoms with van der Waals surface area (Å²) < 4.78 is 1.13. The Hall–Kier alpha value is -0.340. The summed E-state index contributed by atoms with van der Waals surface area (Å²) in [6.07, 6.45) is 1.81. The third kappa shape index (κ3) is 1.42. The predicted molar refractivity (Wildman–Crippen MR) is 56.7 cm³/mol. The number of benzene rings is 1. The Morgan fingerprint density at radius 2 is 1.92 bits per heavy atom. The van der Waals surface area contributed by atoms with Crippen LogP contribution < -0.4 is 0 Å². The first kappa shape index (κ1) is 9.22. The molecule has 1 nitrogen and oxygen atoms in total. The Labute approximate surface area is 86.9 Å². The maximum atomic E-state index is 9.98. The van der Waals surface area contributed by atoms with Crippen molar-refractivity contribution in [2.24, 2.45) is 0 Å². The summed E-state index contributed by atoms with van der Waals surface area (Å²) in [7, 11) is 0. The third-order valence-corrected chi connectivity index (χ3v) is 4.02. The van der Waals surface area contributed by atoms with Crippen LogP contribution in [0.2, 0.25) is 0 Å². The van der Waals surface area contributed by atoms with Gasteiger partial charge in [0.1, 0.15) is 0 Å². The molecule has 2 rings (SSSR count). The van der Waals surface area contributed by atoms with Gasteiger partial charge in [0, 0.05) is 4.47 Å². The van der Waals surface area contributed by atoms with Gasteiger partial charge in [-0.2, -0.15) is 0 Å². The highest BCUT2D eigenvalue weighted by Gasteiger charge is 2.43. The van der Waals surface area contributed by atoms with Gasteiger partial charge in [-0.15, -0.1) is 0 Å². The third-order valence-electron chi connectivity index (χ3n) is 2.80. The van der Waals surface area contributed by atoms with E-state index in [4.69, 9.17) is 0 Å². The quantitative estimate of drug-likeness (QED) is 0.801. The fourth-order valence-corrected chi connectivity index (χ4v) is 2.06. The highest BCUT2D eigenvalue weighted by Crippen LogP contribution is 2.47. The lowest BCUT2D eigenvalue weighted by Gasteiger charge is -2.14. The lowest BCUT2D eigenvalue weighted by atomic mass is 10.00. The molecule has 1 saturated carbocycles. The van der Waals surface area contributed by atoms with Gasteiger partial charge in [-0.05, 0) is 43.4 Å². The molecule has 1 N–H and O–H groups in total. The maximum Gasteiger partial charge on any atom is 0.0901 e. The molecule has 1 aliphatic rings. The van der Waals surface area contributed by atoms with Crippen LogP contribution in [0.15, 0.2) is 16.6 Å². The van der Waals surface area contributed by atoms with Gasteiger partial charge in [0.2, 0.25) is 0 Å². The van der Waals surface area contributed by atoms with Crippen LogP contribution in [0.1, 0.15) is 29.5 Å². The van der Waals surface area contributed by atoms with Gasteiger partial charge in [0.05, 0.1) is 5.60 Å². The van der Waals surface area contributed by atoms with E-state index in [2.05, 4.69) is 35.8 Å². The maximum absolute atomic E-state index is 9.98. The van der Waals surface area contributed by atoms with Gasteiger partial charge < -0.3 is 5.11 Å². The first-order valence-electron chi connectivity index (χ1n) is 4.53. The summed E-state index contributed by atoms with van der Waals surface area (Å²) >= 11 is 3.54. The Balaban J connectivity index is 2.54. The van der Waals surface area contributed by atoms with Crippen LogP contribution >= 0.6 is 15.9 Å². The van der Waals surface area contributed by atoms with E-state index in [0.717, 1.165) is 22.9 Å². The fourth-order valence-electron chi connectivity index (χ4n) is 1.71. The van der Waals surface area contributed by atoms with Gasteiger partial charge in [-0.1, -0.05) is 28.1 Å². The highest BCUT2D eigenvalue weighted by atomic mass is 79.9. The summed E-state index contributed by atoms with van der Waals surface area (Å²) in [6, 6.07) is 4.10. The van der Waals surface area contributed by atoms with Crippen molar-refractivity contribution >= 4 is 15.9 Å². The minimum atomic E-state index is -0.514. The first-order valence-corrected chi connectivity index (χ1v) is 5.32. The lowest BCUT2D eigenvalue weighted by molar-refractivity contribution is 0.150. The monoisotopic (exact) mass is 240 g/mol. The average Bonchev–Trinajstić information content (AvgIpc) is 2.80. The van der Waals surface area contributed by atoms with Crippen LogP contribution in [-0.4, -0.2) is 5.11 Å². The second kappa shape index (κ2) is 2.82. The molecular formula is C11H13BrO. The van der Waals surface area contributed by atoms with Gasteiger partial charge >= 0.3 is 0 Å². The Morgan fingerprint density at radius 3 is 2.46 bits per heavy atom. The van der Waals surface area contributed by atoms with Crippen LogP contribution in [0.3, 0.4) is 0 Å². The number of hydrogen-bond acceptors (Lipinski definition) is 1. The second-order valence-electron chi connectivity index (χ2n) is 3.90. The van der Waals surface area contributed by atoms with E-state index in [1.807, 2.05) is 6.07 Å². The first-order chi connectivity index (χ1) is 6.04. The van der Waals surface area contributed by atoms with Crippen LogP contribution in [0.25, 0.3) is 0 Å². The normalized spacial score (nSPS) is 18.8. The van der Waals surface area contributed by atoms with Crippen LogP contribution in [-0.2, 0) is 5.60 Å². The molecule has 13 heavy (non-hydrogen) atoms. The molecule has 2 heteroatoms. The number of rotatable bonds is 1. The second-order valence-corrected chi connectivity index (χ2v) is 4.69. The molecule has 1 aromatic carbocycles. The molecule has 1 aromatic rings. The Morgan fingerprint density at radius 1 is 1.31 bits per heavy atom. The van der Waals surface area contributed by atoms with Crippen molar-refractivity contribution < 1.29 is 5.11 Å². The molecule has 0 atom stereocenters. The van der Waals surface area contributed by atoms with Gasteiger partial charge in [0.15, 0.2) is 0 Å². The van der Waals surface area contributed by atoms with Crippen molar-refractivity contribution in [2.45, 2.75) is 32.3 Å². The Kier molecular flexibility index (Phi) is 2.00. The SMILES string of the molecule is Cc1ccc(C2(O)CC2)c(C)c1Br. The van der Waals surface area contributed by atoms with Crippen LogP contribution in [0.5, 0.6) is 0 Å². The molecule has 0 spiro atoms. The number of aliphatic hydroxyl groups is 1. The summed E-state index contributed by atoms with van der Waals surface area (Å²) in [5, 5.41) is 9.98. The molecule has 0 unspecified atom stereocenters. The molecule has 0 amide bonds. The number of hydrogen-bond donors (Lipinski definition) is 1. The average molecular weight is 241 g/mol. The summed E-state index contributed by atoms with van der Waals surface area (Å²) in [4.78, 5) is 0. The molecule has 0 radical (unpaired) electrons. The molecule has 1 aliphatic carbocycles. The van der Waals surface area contributed by atoms with E-state index in [1.165, 1.54) is 11.1 Å².